The van der Waals surface area contributed by atoms with Crippen LogP contribution in [-0.4, -0.2) is 41.6 Å². The Balaban J connectivity index is 1.67. The maximum atomic E-state index is 12.7. The predicted octanol–water partition coefficient (Wildman–Crippen LogP) is 5.41. The van der Waals surface area contributed by atoms with Crippen molar-refractivity contribution < 1.29 is 9.53 Å². The number of ether oxygens (including phenoxy) is 1. The minimum atomic E-state index is -0.501. The Labute approximate surface area is 174 Å². The van der Waals surface area contributed by atoms with Crippen LogP contribution >= 0.6 is 0 Å². The Morgan fingerprint density at radius 3 is 2.21 bits per heavy atom. The van der Waals surface area contributed by atoms with Gasteiger partial charge in [0.2, 0.25) is 0 Å². The minimum absolute atomic E-state index is 0.268. The molecule has 29 heavy (non-hydrogen) atoms. The summed E-state index contributed by atoms with van der Waals surface area (Å²) in [4.78, 5) is 17.7. The maximum Gasteiger partial charge on any atom is 0.338 e. The van der Waals surface area contributed by atoms with Gasteiger partial charge in [-0.25, -0.2) is 4.79 Å². The number of hydrogen-bond acceptors (Lipinski definition) is 4. The number of para-hydroxylation sites is 1. The Kier molecular flexibility index (Phi) is 5.39. The van der Waals surface area contributed by atoms with Crippen molar-refractivity contribution in [1.29, 1.82) is 0 Å². The van der Waals surface area contributed by atoms with Crippen molar-refractivity contribution in [2.75, 3.05) is 11.9 Å². The summed E-state index contributed by atoms with van der Waals surface area (Å²) in [6.45, 7) is 5.71. The number of anilines is 2. The molecular weight excluding hydrogens is 360 g/mol. The van der Waals surface area contributed by atoms with Gasteiger partial charge in [0, 0.05) is 29.5 Å². The summed E-state index contributed by atoms with van der Waals surface area (Å²) >= 11 is 0. The third kappa shape index (κ3) is 4.32. The highest BCUT2D eigenvalue weighted by molar-refractivity contribution is 5.91. The molecule has 0 spiro atoms. The van der Waals surface area contributed by atoms with Gasteiger partial charge in [-0.3, -0.25) is 0 Å². The number of carbonyl (C=O) groups excluding carboxylic acids is 1. The van der Waals surface area contributed by atoms with E-state index in [0.29, 0.717) is 23.7 Å². The normalized spacial score (nSPS) is 24.3. The summed E-state index contributed by atoms with van der Waals surface area (Å²) in [7, 11) is 2.27. The molecule has 0 aliphatic carbocycles. The van der Waals surface area contributed by atoms with Crippen molar-refractivity contribution >= 4 is 17.3 Å². The first-order valence-electron chi connectivity index (χ1n) is 10.7. The summed E-state index contributed by atoms with van der Waals surface area (Å²) in [5, 5.41) is 0. The van der Waals surface area contributed by atoms with Gasteiger partial charge in [0.1, 0.15) is 5.60 Å². The van der Waals surface area contributed by atoms with E-state index >= 15 is 0 Å². The maximum absolute atomic E-state index is 12.7. The standard InChI is InChI=1S/C25H32N2O2/c1-25(2,3)29-24(28)18-9-8-12-22(15-18)27(19-10-6-5-7-11-19)23-16-20-13-14-21(17-23)26(20)4/h5-12,15,20-21,23H,13-14,16-17H2,1-4H3/t20-,21+,23?. The van der Waals surface area contributed by atoms with Crippen molar-refractivity contribution in [2.45, 2.75) is 70.2 Å². The van der Waals surface area contributed by atoms with Gasteiger partial charge in [-0.2, -0.15) is 0 Å². The highest BCUT2D eigenvalue weighted by Gasteiger charge is 2.41. The first-order chi connectivity index (χ1) is 13.8. The highest BCUT2D eigenvalue weighted by Crippen LogP contribution is 2.40. The molecule has 154 valence electrons. The molecule has 2 fully saturated rings. The quantitative estimate of drug-likeness (QED) is 0.652. The smallest absolute Gasteiger partial charge is 0.338 e. The number of hydrogen-bond donors (Lipinski definition) is 0. The predicted molar refractivity (Wildman–Crippen MR) is 118 cm³/mol. The molecule has 3 atom stereocenters. The molecular formula is C25H32N2O2. The molecule has 0 amide bonds. The van der Waals surface area contributed by atoms with Crippen LogP contribution in [-0.2, 0) is 4.74 Å². The van der Waals surface area contributed by atoms with Crippen molar-refractivity contribution in [3.8, 4) is 0 Å². The number of nitrogens with zero attached hydrogens (tertiary/aromatic N) is 2. The van der Waals surface area contributed by atoms with Crippen LogP contribution in [0.4, 0.5) is 11.4 Å². The molecule has 2 aliphatic heterocycles. The fourth-order valence-corrected chi connectivity index (χ4v) is 4.87. The van der Waals surface area contributed by atoms with Gasteiger partial charge in [0.05, 0.1) is 5.56 Å². The number of carbonyl (C=O) groups is 1. The van der Waals surface area contributed by atoms with E-state index in [1.165, 1.54) is 18.5 Å². The van der Waals surface area contributed by atoms with Crippen molar-refractivity contribution in [1.82, 2.24) is 4.90 Å². The van der Waals surface area contributed by atoms with Crippen LogP contribution < -0.4 is 4.90 Å². The van der Waals surface area contributed by atoms with Crippen LogP contribution in [0, 0.1) is 0 Å². The third-order valence-corrected chi connectivity index (χ3v) is 6.23. The second-order valence-electron chi connectivity index (χ2n) is 9.43. The van der Waals surface area contributed by atoms with E-state index in [1.807, 2.05) is 39.0 Å². The lowest BCUT2D eigenvalue weighted by atomic mass is 9.95. The topological polar surface area (TPSA) is 32.8 Å². The molecule has 0 N–H and O–H groups in total. The first-order valence-corrected chi connectivity index (χ1v) is 10.7. The van der Waals surface area contributed by atoms with E-state index in [-0.39, 0.29) is 5.97 Å². The molecule has 0 radical (unpaired) electrons. The minimum Gasteiger partial charge on any atom is -0.456 e. The molecule has 2 aromatic rings. The lowest BCUT2D eigenvalue weighted by molar-refractivity contribution is 0.00695. The molecule has 2 bridgehead atoms. The number of fused-ring (bicyclic) bond motifs is 2. The van der Waals surface area contributed by atoms with Gasteiger partial charge in [-0.05, 0) is 83.8 Å². The molecule has 0 saturated carbocycles. The second-order valence-corrected chi connectivity index (χ2v) is 9.43. The molecule has 2 heterocycles. The van der Waals surface area contributed by atoms with Gasteiger partial charge in [0.15, 0.2) is 0 Å². The van der Waals surface area contributed by atoms with E-state index < -0.39 is 5.60 Å². The largest absolute Gasteiger partial charge is 0.456 e. The van der Waals surface area contributed by atoms with Crippen LogP contribution in [0.2, 0.25) is 0 Å². The van der Waals surface area contributed by atoms with E-state index in [4.69, 9.17) is 4.74 Å². The first kappa shape index (κ1) is 20.0. The molecule has 1 unspecified atom stereocenters. The Morgan fingerprint density at radius 2 is 1.59 bits per heavy atom. The fourth-order valence-electron chi connectivity index (χ4n) is 4.87. The zero-order chi connectivity index (χ0) is 20.6. The van der Waals surface area contributed by atoms with Gasteiger partial charge < -0.3 is 14.5 Å². The van der Waals surface area contributed by atoms with Gasteiger partial charge in [-0.1, -0.05) is 24.3 Å². The number of esters is 1. The zero-order valence-corrected chi connectivity index (χ0v) is 18.0. The number of benzene rings is 2. The summed E-state index contributed by atoms with van der Waals surface area (Å²) in [5.74, 6) is -0.268. The molecule has 4 heteroatoms. The van der Waals surface area contributed by atoms with Gasteiger partial charge >= 0.3 is 5.97 Å². The second kappa shape index (κ2) is 7.83. The van der Waals surface area contributed by atoms with E-state index in [1.54, 1.807) is 0 Å². The van der Waals surface area contributed by atoms with E-state index in [9.17, 15) is 4.79 Å². The zero-order valence-electron chi connectivity index (χ0n) is 18.0. The fraction of sp³-hybridized carbons (Fsp3) is 0.480. The average Bonchev–Trinajstić information content (AvgIpc) is 2.89. The van der Waals surface area contributed by atoms with Crippen molar-refractivity contribution in [3.63, 3.8) is 0 Å². The Morgan fingerprint density at radius 1 is 0.966 bits per heavy atom. The molecule has 2 saturated heterocycles. The average molecular weight is 393 g/mol. The van der Waals surface area contributed by atoms with Gasteiger partial charge in [-0.15, -0.1) is 0 Å². The van der Waals surface area contributed by atoms with Crippen molar-refractivity contribution in [3.05, 3.63) is 60.2 Å². The molecule has 2 aliphatic rings. The third-order valence-electron chi connectivity index (χ3n) is 6.23. The molecule has 4 nitrogen and oxygen atoms in total. The van der Waals surface area contributed by atoms with E-state index in [2.05, 4.69) is 53.2 Å². The van der Waals surface area contributed by atoms with Crippen LogP contribution in [0.3, 0.4) is 0 Å². The molecule has 2 aromatic carbocycles. The summed E-state index contributed by atoms with van der Waals surface area (Å²) in [5.41, 5.74) is 2.35. The SMILES string of the molecule is CN1[C@@H]2CC[C@H]1CC(N(c1ccccc1)c1cccc(C(=O)OC(C)(C)C)c1)C2. The molecule has 0 aromatic heterocycles. The summed E-state index contributed by atoms with van der Waals surface area (Å²) in [6, 6.07) is 20.2. The van der Waals surface area contributed by atoms with Gasteiger partial charge in [0.25, 0.3) is 0 Å². The Hall–Kier alpha value is -2.33. The lowest BCUT2D eigenvalue weighted by Crippen LogP contribution is -2.47. The number of piperidine rings is 1. The summed E-state index contributed by atoms with van der Waals surface area (Å²) < 4.78 is 5.60. The highest BCUT2D eigenvalue weighted by atomic mass is 16.6. The summed E-state index contributed by atoms with van der Waals surface area (Å²) in [6.07, 6.45) is 4.88. The Bertz CT molecular complexity index is 845. The van der Waals surface area contributed by atoms with Crippen LogP contribution in [0.15, 0.2) is 54.6 Å². The van der Waals surface area contributed by atoms with Crippen LogP contribution in [0.1, 0.15) is 56.8 Å². The molecule has 4 rings (SSSR count). The van der Waals surface area contributed by atoms with E-state index in [0.717, 1.165) is 18.5 Å². The monoisotopic (exact) mass is 392 g/mol. The van der Waals surface area contributed by atoms with Crippen molar-refractivity contribution in [2.24, 2.45) is 0 Å². The lowest BCUT2D eigenvalue weighted by Gasteiger charge is -2.43. The number of rotatable bonds is 4. The van der Waals surface area contributed by atoms with Crippen LogP contribution in [0.25, 0.3) is 0 Å². The van der Waals surface area contributed by atoms with Crippen LogP contribution in [0.5, 0.6) is 0 Å².